The highest BCUT2D eigenvalue weighted by atomic mass is 35.5. The van der Waals surface area contributed by atoms with E-state index in [-0.39, 0.29) is 20.9 Å². The molecule has 5 nitrogen and oxygen atoms in total. The number of carboxylic acids is 1. The van der Waals surface area contributed by atoms with E-state index >= 15 is 0 Å². The van der Waals surface area contributed by atoms with E-state index in [2.05, 4.69) is 43.2 Å². The number of halogens is 3. The molecule has 1 aromatic heterocycles. The van der Waals surface area contributed by atoms with Gasteiger partial charge in [-0.2, -0.15) is 5.10 Å². The van der Waals surface area contributed by atoms with Gasteiger partial charge in [-0.25, -0.2) is 4.98 Å². The fourth-order valence-electron chi connectivity index (χ4n) is 2.00. The van der Waals surface area contributed by atoms with Gasteiger partial charge in [0, 0.05) is 5.71 Å². The molecule has 0 saturated carbocycles. The first-order valence-electron chi connectivity index (χ1n) is 7.20. The van der Waals surface area contributed by atoms with Crippen molar-refractivity contribution >= 4 is 52.2 Å². The Labute approximate surface area is 151 Å². The zero-order chi connectivity index (χ0) is 17.7. The number of pyridine rings is 1. The number of hydrazone groups is 1. The molecule has 128 valence electrons. The number of rotatable bonds is 7. The van der Waals surface area contributed by atoms with Crippen molar-refractivity contribution in [2.24, 2.45) is 16.9 Å². The molecule has 0 bridgehead atoms. The number of aromatic carboxylic acids is 1. The lowest BCUT2D eigenvalue weighted by atomic mass is 9.99. The summed E-state index contributed by atoms with van der Waals surface area (Å²) in [5.74, 6) is -0.676. The molecule has 0 amide bonds. The first-order chi connectivity index (χ1) is 10.6. The maximum Gasteiger partial charge on any atom is 0.150 e. The van der Waals surface area contributed by atoms with Crippen molar-refractivity contribution in [3.05, 3.63) is 20.9 Å². The third-order valence-electron chi connectivity index (χ3n) is 2.84. The van der Waals surface area contributed by atoms with Crippen LogP contribution in [0, 0.1) is 11.8 Å². The summed E-state index contributed by atoms with van der Waals surface area (Å²) < 4.78 is 0. The summed E-state index contributed by atoms with van der Waals surface area (Å²) in [5, 5.41) is 15.0. The van der Waals surface area contributed by atoms with Gasteiger partial charge in [-0.3, -0.25) is 5.43 Å². The smallest absolute Gasteiger partial charge is 0.150 e. The van der Waals surface area contributed by atoms with Crippen LogP contribution < -0.4 is 10.5 Å². The van der Waals surface area contributed by atoms with Gasteiger partial charge < -0.3 is 9.90 Å². The van der Waals surface area contributed by atoms with Gasteiger partial charge in [0.05, 0.1) is 16.7 Å². The second-order valence-electron chi connectivity index (χ2n) is 6.03. The minimum Gasteiger partial charge on any atom is -0.543 e. The van der Waals surface area contributed by atoms with E-state index in [0.29, 0.717) is 11.8 Å². The number of aromatic nitrogens is 1. The van der Waals surface area contributed by atoms with Crippen molar-refractivity contribution in [1.29, 1.82) is 0 Å². The Kier molecular flexibility index (Phi) is 7.58. The van der Waals surface area contributed by atoms with Gasteiger partial charge in [0.2, 0.25) is 0 Å². The molecule has 0 fully saturated rings. The van der Waals surface area contributed by atoms with E-state index in [1.807, 2.05) is 0 Å². The highest BCUT2D eigenvalue weighted by molar-refractivity contribution is 6.46. The average molecular weight is 380 g/mol. The van der Waals surface area contributed by atoms with Crippen molar-refractivity contribution in [2.45, 2.75) is 40.5 Å². The fourth-order valence-corrected chi connectivity index (χ4v) is 2.66. The summed E-state index contributed by atoms with van der Waals surface area (Å²) in [6, 6.07) is 0. The van der Waals surface area contributed by atoms with Gasteiger partial charge in [0.25, 0.3) is 0 Å². The number of carbonyl (C=O) groups is 1. The second kappa shape index (κ2) is 8.71. The molecule has 0 saturated heterocycles. The lowest BCUT2D eigenvalue weighted by molar-refractivity contribution is -0.255. The quantitative estimate of drug-likeness (QED) is 0.436. The zero-order valence-electron chi connectivity index (χ0n) is 13.4. The lowest BCUT2D eigenvalue weighted by Gasteiger charge is -2.15. The Bertz CT molecular complexity index is 604. The summed E-state index contributed by atoms with van der Waals surface area (Å²) in [5.41, 5.74) is 3.30. The van der Waals surface area contributed by atoms with Crippen LogP contribution in [0.25, 0.3) is 0 Å². The van der Waals surface area contributed by atoms with Gasteiger partial charge in [0.1, 0.15) is 10.7 Å². The van der Waals surface area contributed by atoms with E-state index in [1.54, 1.807) is 0 Å². The first-order valence-corrected chi connectivity index (χ1v) is 8.34. The summed E-state index contributed by atoms with van der Waals surface area (Å²) in [6.45, 7) is 8.36. The molecule has 8 heteroatoms. The molecule has 0 aromatic carbocycles. The Morgan fingerprint density at radius 2 is 1.65 bits per heavy atom. The number of carbonyl (C=O) groups excluding carboxylic acids is 1. The van der Waals surface area contributed by atoms with E-state index in [1.165, 1.54) is 0 Å². The Morgan fingerprint density at radius 3 is 2.09 bits per heavy atom. The molecular weight excluding hydrogens is 361 g/mol. The van der Waals surface area contributed by atoms with Crippen LogP contribution in [0.1, 0.15) is 51.0 Å². The number of nitrogens with one attached hydrogen (secondary N) is 1. The average Bonchev–Trinajstić information content (AvgIpc) is 2.40. The maximum absolute atomic E-state index is 11.0. The number of anilines is 1. The molecule has 0 atom stereocenters. The standard InChI is InChI=1S/C15H20Cl3N3O2/c1-7(2)5-9(6-8(3)4)20-21-12-10(16)13(15(22)23)19-14(18)11(12)17/h7-8H,5-6H2,1-4H3,(H,19,21)(H,22,23)/p-1. The first kappa shape index (κ1) is 20.0. The summed E-state index contributed by atoms with van der Waals surface area (Å²) in [4.78, 5) is 14.7. The predicted octanol–water partition coefficient (Wildman–Crippen LogP) is 4.27. The van der Waals surface area contributed by atoms with Gasteiger partial charge in [0.15, 0.2) is 5.15 Å². The molecule has 0 spiro atoms. The van der Waals surface area contributed by atoms with Crippen LogP contribution >= 0.6 is 34.8 Å². The zero-order valence-corrected chi connectivity index (χ0v) is 15.7. The number of carboxylic acid groups (broad SMARTS) is 1. The molecule has 0 aliphatic carbocycles. The van der Waals surface area contributed by atoms with Crippen molar-refractivity contribution in [1.82, 2.24) is 4.98 Å². The molecule has 0 unspecified atom stereocenters. The molecule has 1 aromatic rings. The molecule has 23 heavy (non-hydrogen) atoms. The minimum absolute atomic E-state index is 0.0128. The number of hydrogen-bond donors (Lipinski definition) is 1. The Balaban J connectivity index is 3.19. The third kappa shape index (κ3) is 5.83. The van der Waals surface area contributed by atoms with Crippen LogP contribution in [-0.2, 0) is 0 Å². The molecule has 0 aliphatic rings. The summed E-state index contributed by atoms with van der Waals surface area (Å²) in [6.07, 6.45) is 1.60. The van der Waals surface area contributed by atoms with Crippen LogP contribution in [0.4, 0.5) is 5.69 Å². The Hall–Kier alpha value is -1.04. The van der Waals surface area contributed by atoms with Gasteiger partial charge in [-0.15, -0.1) is 0 Å². The topological polar surface area (TPSA) is 77.4 Å². The monoisotopic (exact) mass is 378 g/mol. The van der Waals surface area contributed by atoms with E-state index in [9.17, 15) is 9.90 Å². The minimum atomic E-state index is -1.54. The third-order valence-corrected chi connectivity index (χ3v) is 3.95. The summed E-state index contributed by atoms with van der Waals surface area (Å²) >= 11 is 17.9. The molecule has 1 rings (SSSR count). The van der Waals surface area contributed by atoms with Crippen molar-refractivity contribution in [3.63, 3.8) is 0 Å². The van der Waals surface area contributed by atoms with E-state index in [4.69, 9.17) is 34.8 Å². The van der Waals surface area contributed by atoms with E-state index < -0.39 is 11.7 Å². The Morgan fingerprint density at radius 1 is 1.13 bits per heavy atom. The van der Waals surface area contributed by atoms with Gasteiger partial charge in [-0.1, -0.05) is 62.5 Å². The highest BCUT2D eigenvalue weighted by Gasteiger charge is 2.17. The largest absolute Gasteiger partial charge is 0.543 e. The lowest BCUT2D eigenvalue weighted by Crippen LogP contribution is -2.24. The normalized spacial score (nSPS) is 11.0. The van der Waals surface area contributed by atoms with E-state index in [0.717, 1.165) is 18.6 Å². The fraction of sp³-hybridized carbons (Fsp3) is 0.533. The second-order valence-corrected chi connectivity index (χ2v) is 7.14. The highest BCUT2D eigenvalue weighted by Crippen LogP contribution is 2.36. The van der Waals surface area contributed by atoms with Crippen LogP contribution in [0.15, 0.2) is 5.10 Å². The number of nitrogens with zero attached hydrogens (tertiary/aromatic N) is 2. The molecule has 1 heterocycles. The maximum atomic E-state index is 11.0. The SMILES string of the molecule is CC(C)CC(CC(C)C)=NNc1c(Cl)c(Cl)nc(C(=O)[O-])c1Cl. The molecule has 0 radical (unpaired) electrons. The van der Waals surface area contributed by atoms with Gasteiger partial charge in [-0.05, 0) is 24.7 Å². The van der Waals surface area contributed by atoms with Crippen molar-refractivity contribution in [2.75, 3.05) is 5.43 Å². The van der Waals surface area contributed by atoms with Crippen LogP contribution in [0.3, 0.4) is 0 Å². The van der Waals surface area contributed by atoms with Crippen molar-refractivity contribution in [3.8, 4) is 0 Å². The summed E-state index contributed by atoms with van der Waals surface area (Å²) in [7, 11) is 0. The van der Waals surface area contributed by atoms with Crippen LogP contribution in [0.2, 0.25) is 15.2 Å². The predicted molar refractivity (Wildman–Crippen MR) is 93.6 cm³/mol. The van der Waals surface area contributed by atoms with Crippen molar-refractivity contribution < 1.29 is 9.90 Å². The molecular formula is C15H19Cl3N3O2-. The van der Waals surface area contributed by atoms with Gasteiger partial charge >= 0.3 is 0 Å². The van der Waals surface area contributed by atoms with Crippen LogP contribution in [0.5, 0.6) is 0 Å². The molecule has 1 N–H and O–H groups in total. The van der Waals surface area contributed by atoms with Crippen LogP contribution in [-0.4, -0.2) is 16.7 Å². The molecule has 0 aliphatic heterocycles. The number of hydrogen-bond acceptors (Lipinski definition) is 5.